The van der Waals surface area contributed by atoms with Crippen molar-refractivity contribution >= 4 is 11.9 Å². The van der Waals surface area contributed by atoms with Crippen LogP contribution in [0.1, 0.15) is 15.9 Å². The van der Waals surface area contributed by atoms with Crippen LogP contribution in [0.2, 0.25) is 0 Å². The smallest absolute Gasteiger partial charge is 0.185 e. The molecule has 0 fully saturated rings. The highest BCUT2D eigenvalue weighted by Gasteiger charge is 2.02. The number of hydrogen-bond acceptors (Lipinski definition) is 3. The van der Waals surface area contributed by atoms with E-state index in [1.807, 2.05) is 0 Å². The topological polar surface area (TPSA) is 46.5 Å². The Morgan fingerprint density at radius 1 is 1.11 bits per heavy atom. The Morgan fingerprint density at radius 2 is 1.79 bits per heavy atom. The van der Waals surface area contributed by atoms with Gasteiger partial charge < -0.3 is 9.84 Å². The van der Waals surface area contributed by atoms with E-state index in [9.17, 15) is 9.90 Å². The lowest BCUT2D eigenvalue weighted by Crippen LogP contribution is -1.94. The van der Waals surface area contributed by atoms with E-state index in [4.69, 9.17) is 4.74 Å². The van der Waals surface area contributed by atoms with E-state index in [0.717, 1.165) is 0 Å². The fraction of sp³-hybridized carbons (Fsp3) is 0.0625. The van der Waals surface area contributed by atoms with Crippen LogP contribution in [0, 0.1) is 0 Å². The molecule has 0 aliphatic rings. The predicted molar refractivity (Wildman–Crippen MR) is 74.5 cm³/mol. The number of aromatic hydroxyl groups is 1. The Balaban J connectivity index is 2.14. The first-order valence-corrected chi connectivity index (χ1v) is 5.85. The predicted octanol–water partition coefficient (Wildman–Crippen LogP) is 3.30. The molecule has 19 heavy (non-hydrogen) atoms. The number of ketones is 1. The average molecular weight is 254 g/mol. The van der Waals surface area contributed by atoms with E-state index in [1.165, 1.54) is 6.08 Å². The average Bonchev–Trinajstić information content (AvgIpc) is 2.46. The zero-order valence-electron chi connectivity index (χ0n) is 10.5. The third-order valence-corrected chi connectivity index (χ3v) is 2.73. The van der Waals surface area contributed by atoms with Gasteiger partial charge in [0.15, 0.2) is 5.78 Å². The summed E-state index contributed by atoms with van der Waals surface area (Å²) in [5, 5.41) is 9.58. The molecule has 0 aliphatic heterocycles. The van der Waals surface area contributed by atoms with Crippen molar-refractivity contribution in [3.63, 3.8) is 0 Å². The first-order chi connectivity index (χ1) is 9.20. The van der Waals surface area contributed by atoms with Crippen molar-refractivity contribution in [3.05, 3.63) is 65.7 Å². The van der Waals surface area contributed by atoms with Crippen LogP contribution in [0.15, 0.2) is 54.6 Å². The number of phenols is 1. The van der Waals surface area contributed by atoms with Crippen molar-refractivity contribution in [2.75, 3.05) is 7.11 Å². The van der Waals surface area contributed by atoms with Crippen LogP contribution in [-0.2, 0) is 0 Å². The summed E-state index contributed by atoms with van der Waals surface area (Å²) in [6.45, 7) is 0. The van der Waals surface area contributed by atoms with Gasteiger partial charge in [-0.15, -0.1) is 0 Å². The van der Waals surface area contributed by atoms with Gasteiger partial charge in [0.2, 0.25) is 0 Å². The Kier molecular flexibility index (Phi) is 3.98. The molecule has 3 nitrogen and oxygen atoms in total. The minimum atomic E-state index is -0.120. The normalized spacial score (nSPS) is 10.6. The van der Waals surface area contributed by atoms with E-state index in [0.29, 0.717) is 16.9 Å². The molecular formula is C16H14O3. The zero-order valence-corrected chi connectivity index (χ0v) is 10.5. The maximum Gasteiger partial charge on any atom is 0.185 e. The largest absolute Gasteiger partial charge is 0.507 e. The Labute approximate surface area is 111 Å². The first-order valence-electron chi connectivity index (χ1n) is 5.85. The highest BCUT2D eigenvalue weighted by molar-refractivity contribution is 6.07. The molecule has 0 bridgehead atoms. The Morgan fingerprint density at radius 3 is 2.42 bits per heavy atom. The van der Waals surface area contributed by atoms with Gasteiger partial charge in [-0.1, -0.05) is 18.2 Å². The van der Waals surface area contributed by atoms with Crippen molar-refractivity contribution < 1.29 is 14.6 Å². The lowest BCUT2D eigenvalue weighted by atomic mass is 10.1. The van der Waals surface area contributed by atoms with Crippen molar-refractivity contribution in [3.8, 4) is 11.5 Å². The van der Waals surface area contributed by atoms with Crippen LogP contribution in [0.3, 0.4) is 0 Å². The molecule has 0 aromatic heterocycles. The molecule has 2 rings (SSSR count). The summed E-state index contributed by atoms with van der Waals surface area (Å²) in [7, 11) is 1.58. The fourth-order valence-corrected chi connectivity index (χ4v) is 1.65. The van der Waals surface area contributed by atoms with Gasteiger partial charge in [-0.3, -0.25) is 4.79 Å². The van der Waals surface area contributed by atoms with Gasteiger partial charge in [-0.05, 0) is 42.5 Å². The molecular weight excluding hydrogens is 240 g/mol. The second-order valence-electron chi connectivity index (χ2n) is 3.98. The number of allylic oxidation sites excluding steroid dienone is 1. The van der Waals surface area contributed by atoms with E-state index in [1.54, 1.807) is 61.7 Å². The third kappa shape index (κ3) is 3.22. The van der Waals surface area contributed by atoms with Crippen LogP contribution < -0.4 is 4.74 Å². The maximum absolute atomic E-state index is 11.9. The lowest BCUT2D eigenvalue weighted by molar-refractivity contribution is 0.104. The molecule has 2 aromatic carbocycles. The molecule has 0 amide bonds. The minimum absolute atomic E-state index is 0.120. The number of ether oxygens (including phenoxy) is 1. The summed E-state index contributed by atoms with van der Waals surface area (Å²) in [6.07, 6.45) is 3.04. The molecule has 0 radical (unpaired) electrons. The second-order valence-corrected chi connectivity index (χ2v) is 3.98. The molecule has 0 saturated heterocycles. The quantitative estimate of drug-likeness (QED) is 0.672. The van der Waals surface area contributed by atoms with Gasteiger partial charge in [0.05, 0.1) is 7.11 Å². The first kappa shape index (κ1) is 12.9. The zero-order chi connectivity index (χ0) is 13.7. The number of methoxy groups -OCH3 is 1. The van der Waals surface area contributed by atoms with E-state index >= 15 is 0 Å². The van der Waals surface area contributed by atoms with Crippen molar-refractivity contribution in [1.29, 1.82) is 0 Å². The van der Waals surface area contributed by atoms with Crippen LogP contribution >= 0.6 is 0 Å². The maximum atomic E-state index is 11.9. The summed E-state index contributed by atoms with van der Waals surface area (Å²) in [5.41, 5.74) is 1.19. The highest BCUT2D eigenvalue weighted by atomic mass is 16.5. The molecule has 0 saturated carbocycles. The highest BCUT2D eigenvalue weighted by Crippen LogP contribution is 2.18. The number of carbonyl (C=O) groups is 1. The van der Waals surface area contributed by atoms with Crippen LogP contribution in [-0.4, -0.2) is 18.0 Å². The molecule has 1 N–H and O–H groups in total. The van der Waals surface area contributed by atoms with Gasteiger partial charge in [-0.2, -0.15) is 0 Å². The standard InChI is InChI=1S/C16H14O3/c1-19-14-9-6-13(7-10-14)16(18)11-8-12-4-2-3-5-15(12)17/h2-11,17H,1H3/b11-8-. The molecule has 0 atom stereocenters. The van der Waals surface area contributed by atoms with Gasteiger partial charge >= 0.3 is 0 Å². The van der Waals surface area contributed by atoms with E-state index < -0.39 is 0 Å². The molecule has 3 heteroatoms. The summed E-state index contributed by atoms with van der Waals surface area (Å²) < 4.78 is 5.03. The molecule has 0 spiro atoms. The second kappa shape index (κ2) is 5.87. The SMILES string of the molecule is COc1ccc(C(=O)/C=C\c2ccccc2O)cc1. The molecule has 96 valence electrons. The summed E-state index contributed by atoms with van der Waals surface area (Å²) in [5.74, 6) is 0.744. The monoisotopic (exact) mass is 254 g/mol. The van der Waals surface area contributed by atoms with Gasteiger partial charge in [-0.25, -0.2) is 0 Å². The van der Waals surface area contributed by atoms with Crippen molar-refractivity contribution in [2.45, 2.75) is 0 Å². The van der Waals surface area contributed by atoms with Gasteiger partial charge in [0, 0.05) is 11.1 Å². The van der Waals surface area contributed by atoms with Crippen molar-refractivity contribution in [1.82, 2.24) is 0 Å². The molecule has 0 heterocycles. The van der Waals surface area contributed by atoms with E-state index in [2.05, 4.69) is 0 Å². The van der Waals surface area contributed by atoms with Crippen molar-refractivity contribution in [2.24, 2.45) is 0 Å². The number of carbonyl (C=O) groups excluding carboxylic acids is 1. The summed E-state index contributed by atoms with van der Waals surface area (Å²) in [6, 6.07) is 13.7. The molecule has 0 unspecified atom stereocenters. The van der Waals surface area contributed by atoms with E-state index in [-0.39, 0.29) is 11.5 Å². The van der Waals surface area contributed by atoms with Crippen LogP contribution in [0.4, 0.5) is 0 Å². The molecule has 0 aliphatic carbocycles. The molecule has 2 aromatic rings. The Bertz CT molecular complexity index is 598. The number of para-hydroxylation sites is 1. The lowest BCUT2D eigenvalue weighted by Gasteiger charge is -2.00. The summed E-state index contributed by atoms with van der Waals surface area (Å²) in [4.78, 5) is 11.9. The number of rotatable bonds is 4. The minimum Gasteiger partial charge on any atom is -0.507 e. The Hall–Kier alpha value is -2.55. The van der Waals surface area contributed by atoms with Gasteiger partial charge in [0.25, 0.3) is 0 Å². The number of phenolic OH excluding ortho intramolecular Hbond substituents is 1. The third-order valence-electron chi connectivity index (χ3n) is 2.73. The number of benzene rings is 2. The van der Waals surface area contributed by atoms with Gasteiger partial charge in [0.1, 0.15) is 11.5 Å². The van der Waals surface area contributed by atoms with Crippen LogP contribution in [0.25, 0.3) is 6.08 Å². The number of hydrogen-bond donors (Lipinski definition) is 1. The fourth-order valence-electron chi connectivity index (χ4n) is 1.65. The summed E-state index contributed by atoms with van der Waals surface area (Å²) >= 11 is 0. The van der Waals surface area contributed by atoms with Crippen LogP contribution in [0.5, 0.6) is 11.5 Å².